The zero-order valence-corrected chi connectivity index (χ0v) is 9.78. The summed E-state index contributed by atoms with van der Waals surface area (Å²) in [5, 5.41) is 15.3. The molecule has 2 aromatic rings. The van der Waals surface area contributed by atoms with E-state index in [1.807, 2.05) is 24.3 Å². The van der Waals surface area contributed by atoms with Crippen molar-refractivity contribution < 1.29 is 9.90 Å². The first kappa shape index (κ1) is 11.7. The average molecular weight is 249 g/mol. The maximum atomic E-state index is 11.6. The van der Waals surface area contributed by atoms with Gasteiger partial charge in [-0.05, 0) is 22.7 Å². The van der Waals surface area contributed by atoms with Gasteiger partial charge >= 0.3 is 0 Å². The van der Waals surface area contributed by atoms with Gasteiger partial charge in [-0.25, -0.2) is 0 Å². The van der Waals surface area contributed by atoms with Crippen LogP contribution in [0.15, 0.2) is 30.5 Å². The number of rotatable bonds is 4. The van der Waals surface area contributed by atoms with Crippen LogP contribution < -0.4 is 5.32 Å². The Morgan fingerprint density at radius 1 is 1.29 bits per heavy atom. The summed E-state index contributed by atoms with van der Waals surface area (Å²) in [5.41, 5.74) is 1.83. The molecule has 88 valence electrons. The first-order valence-corrected chi connectivity index (χ1v) is 5.81. The highest BCUT2D eigenvalue weighted by Crippen LogP contribution is 2.05. The molecular formula is C11H11N3O2S. The molecule has 0 unspecified atom stereocenters. The number of benzene rings is 1. The zero-order valence-electron chi connectivity index (χ0n) is 8.96. The van der Waals surface area contributed by atoms with Crippen molar-refractivity contribution in [2.45, 2.75) is 13.2 Å². The number of nitrogens with zero attached hydrogens (tertiary/aromatic N) is 2. The molecule has 0 saturated carbocycles. The minimum absolute atomic E-state index is 0.0270. The van der Waals surface area contributed by atoms with Crippen molar-refractivity contribution in [1.82, 2.24) is 14.9 Å². The molecule has 0 atom stereocenters. The van der Waals surface area contributed by atoms with Crippen LogP contribution in [-0.4, -0.2) is 20.6 Å². The summed E-state index contributed by atoms with van der Waals surface area (Å²) < 4.78 is 3.62. The van der Waals surface area contributed by atoms with Crippen LogP contribution in [-0.2, 0) is 13.2 Å². The van der Waals surface area contributed by atoms with Crippen LogP contribution in [0, 0.1) is 0 Å². The third kappa shape index (κ3) is 3.08. The van der Waals surface area contributed by atoms with Crippen LogP contribution in [0.1, 0.15) is 20.8 Å². The quantitative estimate of drug-likeness (QED) is 0.846. The van der Waals surface area contributed by atoms with E-state index in [1.54, 1.807) is 0 Å². The van der Waals surface area contributed by atoms with Crippen molar-refractivity contribution in [2.75, 3.05) is 0 Å². The Hall–Kier alpha value is -1.79. The van der Waals surface area contributed by atoms with Crippen molar-refractivity contribution >= 4 is 17.4 Å². The summed E-state index contributed by atoms with van der Waals surface area (Å²) in [6.07, 6.45) is 1.44. The van der Waals surface area contributed by atoms with Crippen molar-refractivity contribution in [2.24, 2.45) is 0 Å². The van der Waals surface area contributed by atoms with Crippen molar-refractivity contribution in [3.63, 3.8) is 0 Å². The van der Waals surface area contributed by atoms with E-state index in [1.165, 1.54) is 6.20 Å². The number of nitrogens with one attached hydrogen (secondary N) is 1. The van der Waals surface area contributed by atoms with Crippen LogP contribution in [0.25, 0.3) is 0 Å². The van der Waals surface area contributed by atoms with Gasteiger partial charge in [0.05, 0.1) is 12.8 Å². The number of aliphatic hydroxyl groups is 1. The first-order chi connectivity index (χ1) is 8.29. The summed E-state index contributed by atoms with van der Waals surface area (Å²) in [4.78, 5) is 12.1. The maximum Gasteiger partial charge on any atom is 0.264 e. The molecule has 1 amide bonds. The van der Waals surface area contributed by atoms with E-state index in [4.69, 9.17) is 5.11 Å². The smallest absolute Gasteiger partial charge is 0.264 e. The molecule has 17 heavy (non-hydrogen) atoms. The van der Waals surface area contributed by atoms with Gasteiger partial charge in [-0.1, -0.05) is 28.8 Å². The molecular weight excluding hydrogens is 238 g/mol. The van der Waals surface area contributed by atoms with E-state index in [0.29, 0.717) is 11.4 Å². The molecule has 0 aliphatic carbocycles. The topological polar surface area (TPSA) is 75.1 Å². The summed E-state index contributed by atoms with van der Waals surface area (Å²) in [7, 11) is 0. The van der Waals surface area contributed by atoms with Crippen LogP contribution in [0.4, 0.5) is 0 Å². The fourth-order valence-electron chi connectivity index (χ4n) is 1.30. The Morgan fingerprint density at radius 2 is 2.00 bits per heavy atom. The lowest BCUT2D eigenvalue weighted by Crippen LogP contribution is -2.21. The monoisotopic (exact) mass is 249 g/mol. The number of aromatic nitrogens is 2. The molecule has 0 fully saturated rings. The Kier molecular flexibility index (Phi) is 3.79. The highest BCUT2D eigenvalue weighted by molar-refractivity contribution is 7.07. The number of hydrogen-bond acceptors (Lipinski definition) is 5. The SMILES string of the molecule is O=C(NCc1ccc(CO)cc1)c1cnns1. The predicted molar refractivity (Wildman–Crippen MR) is 63.4 cm³/mol. The molecule has 0 aliphatic rings. The van der Waals surface area contributed by atoms with E-state index in [2.05, 4.69) is 14.9 Å². The van der Waals surface area contributed by atoms with Crippen LogP contribution in [0.3, 0.4) is 0 Å². The zero-order chi connectivity index (χ0) is 12.1. The van der Waals surface area contributed by atoms with Gasteiger partial charge in [0.25, 0.3) is 5.91 Å². The molecule has 0 bridgehead atoms. The lowest BCUT2D eigenvalue weighted by Gasteiger charge is -2.04. The van der Waals surface area contributed by atoms with E-state index in [0.717, 1.165) is 22.7 Å². The van der Waals surface area contributed by atoms with Gasteiger partial charge in [-0.3, -0.25) is 4.79 Å². The minimum Gasteiger partial charge on any atom is -0.392 e. The lowest BCUT2D eigenvalue weighted by molar-refractivity contribution is 0.0954. The van der Waals surface area contributed by atoms with Gasteiger partial charge in [0.15, 0.2) is 0 Å². The van der Waals surface area contributed by atoms with Crippen LogP contribution >= 0.6 is 11.5 Å². The fraction of sp³-hybridized carbons (Fsp3) is 0.182. The standard InChI is InChI=1S/C11H11N3O2S/c15-7-9-3-1-8(2-4-9)5-12-11(16)10-6-13-14-17-10/h1-4,6,15H,5,7H2,(H,12,16). The summed E-state index contributed by atoms with van der Waals surface area (Å²) in [5.74, 6) is -0.175. The van der Waals surface area contributed by atoms with Gasteiger partial charge in [-0.15, -0.1) is 5.10 Å². The first-order valence-electron chi connectivity index (χ1n) is 5.04. The molecule has 5 nitrogen and oxygen atoms in total. The van der Waals surface area contributed by atoms with E-state index in [-0.39, 0.29) is 12.5 Å². The van der Waals surface area contributed by atoms with Gasteiger partial charge in [0.1, 0.15) is 4.88 Å². The normalized spacial score (nSPS) is 10.2. The van der Waals surface area contributed by atoms with Crippen LogP contribution in [0.5, 0.6) is 0 Å². The van der Waals surface area contributed by atoms with Crippen molar-refractivity contribution in [3.8, 4) is 0 Å². The molecule has 2 rings (SSSR count). The van der Waals surface area contributed by atoms with Gasteiger partial charge in [0, 0.05) is 6.54 Å². The highest BCUT2D eigenvalue weighted by Gasteiger charge is 2.07. The predicted octanol–water partition coefficient (Wildman–Crippen LogP) is 0.960. The maximum absolute atomic E-state index is 11.6. The molecule has 6 heteroatoms. The van der Waals surface area contributed by atoms with E-state index < -0.39 is 0 Å². The van der Waals surface area contributed by atoms with Crippen molar-refractivity contribution in [1.29, 1.82) is 0 Å². The molecule has 0 aliphatic heterocycles. The molecule has 2 N–H and O–H groups in total. The summed E-state index contributed by atoms with van der Waals surface area (Å²) >= 11 is 1.07. The number of hydrogen-bond donors (Lipinski definition) is 2. The summed E-state index contributed by atoms with van der Waals surface area (Å²) in [6.45, 7) is 0.474. The molecule has 1 aromatic heterocycles. The Labute approximate surface area is 102 Å². The largest absolute Gasteiger partial charge is 0.392 e. The molecule has 0 radical (unpaired) electrons. The third-order valence-corrected chi connectivity index (χ3v) is 2.91. The average Bonchev–Trinajstić information content (AvgIpc) is 2.90. The second-order valence-corrected chi connectivity index (χ2v) is 4.22. The van der Waals surface area contributed by atoms with E-state index in [9.17, 15) is 4.79 Å². The van der Waals surface area contributed by atoms with Crippen LogP contribution in [0.2, 0.25) is 0 Å². The highest BCUT2D eigenvalue weighted by atomic mass is 32.1. The number of aliphatic hydroxyl groups excluding tert-OH is 1. The molecule has 1 heterocycles. The third-order valence-electron chi connectivity index (χ3n) is 2.24. The van der Waals surface area contributed by atoms with Gasteiger partial charge in [0.2, 0.25) is 0 Å². The fourth-order valence-corrected chi connectivity index (χ4v) is 1.73. The van der Waals surface area contributed by atoms with Crippen molar-refractivity contribution in [3.05, 3.63) is 46.5 Å². The minimum atomic E-state index is -0.175. The molecule has 0 spiro atoms. The Bertz CT molecular complexity index is 482. The Balaban J connectivity index is 1.91. The van der Waals surface area contributed by atoms with Gasteiger partial charge in [-0.2, -0.15) is 0 Å². The Morgan fingerprint density at radius 3 is 2.59 bits per heavy atom. The number of amides is 1. The molecule has 0 saturated heterocycles. The van der Waals surface area contributed by atoms with Gasteiger partial charge < -0.3 is 10.4 Å². The second-order valence-electron chi connectivity index (χ2n) is 3.44. The number of carbonyl (C=O) groups is 1. The number of carbonyl (C=O) groups excluding carboxylic acids is 1. The summed E-state index contributed by atoms with van der Waals surface area (Å²) in [6, 6.07) is 7.40. The van der Waals surface area contributed by atoms with E-state index >= 15 is 0 Å². The lowest BCUT2D eigenvalue weighted by atomic mass is 10.1. The molecule has 1 aromatic carbocycles. The second kappa shape index (κ2) is 5.51.